The van der Waals surface area contributed by atoms with E-state index in [-0.39, 0.29) is 19.7 Å². The molecule has 0 saturated heterocycles. The Kier molecular flexibility index (Phi) is 8.79. The lowest BCUT2D eigenvalue weighted by Gasteiger charge is -2.22. The van der Waals surface area contributed by atoms with Crippen LogP contribution in [0, 0.1) is 6.92 Å². The Morgan fingerprint density at radius 3 is 2.29 bits per heavy atom. The van der Waals surface area contributed by atoms with Gasteiger partial charge in [0.2, 0.25) is 15.9 Å². The Labute approximate surface area is 205 Å². The highest BCUT2D eigenvalue weighted by Gasteiger charge is 2.20. The van der Waals surface area contributed by atoms with E-state index in [4.69, 9.17) is 21.1 Å². The highest BCUT2D eigenvalue weighted by Crippen LogP contribution is 2.23. The maximum Gasteiger partial charge on any atom is 0.240 e. The van der Waals surface area contributed by atoms with Gasteiger partial charge in [0.1, 0.15) is 31.3 Å². The van der Waals surface area contributed by atoms with Gasteiger partial charge < -0.3 is 14.8 Å². The van der Waals surface area contributed by atoms with Gasteiger partial charge in [0.05, 0.1) is 18.5 Å². The van der Waals surface area contributed by atoms with Gasteiger partial charge in [-0.05, 0) is 54.4 Å². The Hall–Kier alpha value is -3.23. The average Bonchev–Trinajstić information content (AvgIpc) is 2.81. The number of anilines is 1. The topological polar surface area (TPSA) is 84.9 Å². The van der Waals surface area contributed by atoms with Gasteiger partial charge in [-0.2, -0.15) is 0 Å². The van der Waals surface area contributed by atoms with Crippen LogP contribution in [-0.2, 0) is 21.4 Å². The summed E-state index contributed by atoms with van der Waals surface area (Å²) in [5, 5.41) is 3.27. The van der Waals surface area contributed by atoms with E-state index in [9.17, 15) is 13.2 Å². The molecule has 3 aromatic rings. The number of ether oxygens (including phenoxy) is 2. The molecular formula is C25H27ClN2O5S. The Morgan fingerprint density at radius 2 is 1.65 bits per heavy atom. The molecule has 0 heterocycles. The zero-order chi connectivity index (χ0) is 24.6. The second kappa shape index (κ2) is 11.8. The first-order valence-corrected chi connectivity index (χ1v) is 12.8. The van der Waals surface area contributed by atoms with Gasteiger partial charge in [0, 0.05) is 5.02 Å². The van der Waals surface area contributed by atoms with Crippen molar-refractivity contribution < 1.29 is 22.7 Å². The summed E-state index contributed by atoms with van der Waals surface area (Å²) in [6, 6.07) is 21.6. The number of carbonyl (C=O) groups excluding carboxylic acids is 1. The van der Waals surface area contributed by atoms with Crippen molar-refractivity contribution in [1.29, 1.82) is 0 Å². The summed E-state index contributed by atoms with van der Waals surface area (Å²) < 4.78 is 37.0. The van der Waals surface area contributed by atoms with Crippen molar-refractivity contribution in [3.8, 4) is 11.5 Å². The molecule has 0 saturated carbocycles. The number of nitrogens with one attached hydrogen (secondary N) is 1. The third-order valence-corrected chi connectivity index (χ3v) is 6.44. The molecule has 0 aromatic heterocycles. The molecule has 0 fully saturated rings. The van der Waals surface area contributed by atoms with Crippen LogP contribution in [0.3, 0.4) is 0 Å². The standard InChI is InChI=1S/C25H27ClN2O5S/c1-19-8-11-23(16-24(19)26)32-15-14-27-25(29)17-28(34(2,30)31)21-9-12-22(13-10-21)33-18-20-6-4-3-5-7-20/h3-13,16H,14-15,17-18H2,1-2H3,(H,27,29). The van der Waals surface area contributed by atoms with Crippen LogP contribution in [0.5, 0.6) is 11.5 Å². The fourth-order valence-corrected chi connectivity index (χ4v) is 4.09. The summed E-state index contributed by atoms with van der Waals surface area (Å²) in [7, 11) is -3.68. The van der Waals surface area contributed by atoms with Crippen molar-refractivity contribution in [2.45, 2.75) is 13.5 Å². The molecule has 0 atom stereocenters. The molecule has 0 radical (unpaired) electrons. The monoisotopic (exact) mass is 502 g/mol. The Morgan fingerprint density at radius 1 is 0.971 bits per heavy atom. The second-order valence-electron chi connectivity index (χ2n) is 7.65. The van der Waals surface area contributed by atoms with Crippen LogP contribution in [0.2, 0.25) is 5.02 Å². The van der Waals surface area contributed by atoms with E-state index >= 15 is 0 Å². The first kappa shape index (κ1) is 25.4. The SMILES string of the molecule is Cc1ccc(OCCNC(=O)CN(c2ccc(OCc3ccccc3)cc2)S(C)(=O)=O)cc1Cl. The van der Waals surface area contributed by atoms with Gasteiger partial charge in [0.25, 0.3) is 0 Å². The van der Waals surface area contributed by atoms with Crippen LogP contribution in [0.15, 0.2) is 72.8 Å². The van der Waals surface area contributed by atoms with Crippen LogP contribution in [-0.4, -0.2) is 40.3 Å². The van der Waals surface area contributed by atoms with E-state index in [1.165, 1.54) is 0 Å². The van der Waals surface area contributed by atoms with E-state index in [1.807, 2.05) is 43.3 Å². The van der Waals surface area contributed by atoms with Crippen molar-refractivity contribution in [2.75, 3.05) is 30.3 Å². The Balaban J connectivity index is 1.52. The van der Waals surface area contributed by atoms with Gasteiger partial charge >= 0.3 is 0 Å². The number of rotatable bonds is 11. The molecule has 3 aromatic carbocycles. The smallest absolute Gasteiger partial charge is 0.240 e. The minimum absolute atomic E-state index is 0.216. The van der Waals surface area contributed by atoms with Crippen molar-refractivity contribution in [1.82, 2.24) is 5.32 Å². The van der Waals surface area contributed by atoms with Crippen molar-refractivity contribution in [2.24, 2.45) is 0 Å². The summed E-state index contributed by atoms with van der Waals surface area (Å²) in [6.07, 6.45) is 1.06. The highest BCUT2D eigenvalue weighted by molar-refractivity contribution is 7.92. The van der Waals surface area contributed by atoms with Crippen LogP contribution in [0.4, 0.5) is 5.69 Å². The number of aryl methyl sites for hydroxylation is 1. The molecule has 3 rings (SSSR count). The lowest BCUT2D eigenvalue weighted by atomic mass is 10.2. The van der Waals surface area contributed by atoms with Crippen molar-refractivity contribution in [3.63, 3.8) is 0 Å². The molecule has 1 N–H and O–H groups in total. The largest absolute Gasteiger partial charge is 0.492 e. The van der Waals surface area contributed by atoms with Gasteiger partial charge in [-0.3, -0.25) is 9.10 Å². The van der Waals surface area contributed by atoms with E-state index in [0.29, 0.717) is 28.8 Å². The van der Waals surface area contributed by atoms with Gasteiger partial charge in [-0.1, -0.05) is 48.0 Å². The van der Waals surface area contributed by atoms with Crippen molar-refractivity contribution in [3.05, 3.63) is 88.9 Å². The minimum atomic E-state index is -3.68. The molecule has 9 heteroatoms. The summed E-state index contributed by atoms with van der Waals surface area (Å²) in [5.74, 6) is 0.747. The third-order valence-electron chi connectivity index (χ3n) is 4.90. The molecule has 0 spiro atoms. The van der Waals surface area contributed by atoms with Crippen LogP contribution in [0.25, 0.3) is 0 Å². The molecular weight excluding hydrogens is 476 g/mol. The molecule has 0 aliphatic carbocycles. The molecule has 34 heavy (non-hydrogen) atoms. The lowest BCUT2D eigenvalue weighted by molar-refractivity contribution is -0.119. The molecule has 0 bridgehead atoms. The zero-order valence-corrected chi connectivity index (χ0v) is 20.6. The van der Waals surface area contributed by atoms with Crippen LogP contribution in [0.1, 0.15) is 11.1 Å². The fourth-order valence-electron chi connectivity index (χ4n) is 3.06. The molecule has 7 nitrogen and oxygen atoms in total. The number of halogens is 1. The van der Waals surface area contributed by atoms with Gasteiger partial charge in [0.15, 0.2) is 0 Å². The Bertz CT molecular complexity index is 1200. The average molecular weight is 503 g/mol. The van der Waals surface area contributed by atoms with Crippen molar-refractivity contribution >= 4 is 33.2 Å². The van der Waals surface area contributed by atoms with Gasteiger partial charge in [-0.25, -0.2) is 8.42 Å². The first-order valence-electron chi connectivity index (χ1n) is 10.6. The molecule has 0 aliphatic heterocycles. The number of benzene rings is 3. The van der Waals surface area contributed by atoms with E-state index < -0.39 is 15.9 Å². The minimum Gasteiger partial charge on any atom is -0.492 e. The number of amides is 1. The lowest BCUT2D eigenvalue weighted by Crippen LogP contribution is -2.41. The quantitative estimate of drug-likeness (QED) is 0.397. The maximum atomic E-state index is 12.4. The highest BCUT2D eigenvalue weighted by atomic mass is 35.5. The molecule has 0 unspecified atom stereocenters. The number of sulfonamides is 1. The normalized spacial score (nSPS) is 11.0. The van der Waals surface area contributed by atoms with Crippen LogP contribution >= 0.6 is 11.6 Å². The molecule has 1 amide bonds. The zero-order valence-electron chi connectivity index (χ0n) is 19.0. The summed E-state index contributed by atoms with van der Waals surface area (Å²) in [5.41, 5.74) is 2.34. The second-order valence-corrected chi connectivity index (χ2v) is 9.96. The van der Waals surface area contributed by atoms with E-state index in [1.54, 1.807) is 36.4 Å². The number of nitrogens with zero attached hydrogens (tertiary/aromatic N) is 1. The predicted octanol–water partition coefficient (Wildman–Crippen LogP) is 4.19. The fraction of sp³-hybridized carbons (Fsp3) is 0.240. The van der Waals surface area contributed by atoms with Crippen LogP contribution < -0.4 is 19.1 Å². The summed E-state index contributed by atoms with van der Waals surface area (Å²) in [4.78, 5) is 12.4. The number of hydrogen-bond acceptors (Lipinski definition) is 5. The third kappa shape index (κ3) is 7.67. The first-order chi connectivity index (χ1) is 16.2. The van der Waals surface area contributed by atoms with Gasteiger partial charge in [-0.15, -0.1) is 0 Å². The number of carbonyl (C=O) groups is 1. The molecule has 180 valence electrons. The summed E-state index contributed by atoms with van der Waals surface area (Å²) in [6.45, 7) is 2.38. The maximum absolute atomic E-state index is 12.4. The molecule has 0 aliphatic rings. The predicted molar refractivity (Wildman–Crippen MR) is 134 cm³/mol. The van der Waals surface area contributed by atoms with E-state index in [0.717, 1.165) is 21.7 Å². The summed E-state index contributed by atoms with van der Waals surface area (Å²) >= 11 is 6.07. The number of hydrogen-bond donors (Lipinski definition) is 1. The van der Waals surface area contributed by atoms with E-state index in [2.05, 4.69) is 5.32 Å².